The van der Waals surface area contributed by atoms with Crippen LogP contribution in [0, 0.1) is 17.8 Å². The molecule has 0 aromatic carbocycles. The lowest BCUT2D eigenvalue weighted by Crippen LogP contribution is -2.58. The normalized spacial score (nSPS) is 25.0. The lowest BCUT2D eigenvalue weighted by molar-refractivity contribution is -0.156. The molecule has 0 saturated carbocycles. The first-order chi connectivity index (χ1) is 21.2. The SMILES string of the molecule is CCCCCCCCCC1CC(=O)NCC(=O)NC(C(C)C)C(=O)N[C@H](CC(C)C)C(=O)N[C@@H](C)C(=O)NC(C(C)C)C(=O)O1. The Morgan fingerprint density at radius 2 is 1.29 bits per heavy atom. The van der Waals surface area contributed by atoms with Crippen molar-refractivity contribution >= 4 is 35.5 Å². The van der Waals surface area contributed by atoms with Crippen molar-refractivity contribution in [3.8, 4) is 0 Å². The Balaban J connectivity index is 3.25. The molecule has 0 radical (unpaired) electrons. The maximum Gasteiger partial charge on any atom is 0.329 e. The van der Waals surface area contributed by atoms with E-state index in [1.54, 1.807) is 27.7 Å². The quantitative estimate of drug-likeness (QED) is 0.162. The summed E-state index contributed by atoms with van der Waals surface area (Å²) in [5.41, 5.74) is 0. The monoisotopic (exact) mass is 637 g/mol. The van der Waals surface area contributed by atoms with Crippen molar-refractivity contribution in [3.05, 3.63) is 0 Å². The molecule has 3 unspecified atom stereocenters. The van der Waals surface area contributed by atoms with Crippen LogP contribution in [0.15, 0.2) is 0 Å². The fourth-order valence-electron chi connectivity index (χ4n) is 5.11. The van der Waals surface area contributed by atoms with E-state index < -0.39 is 65.8 Å². The summed E-state index contributed by atoms with van der Waals surface area (Å²) in [6, 6.07) is -3.96. The van der Waals surface area contributed by atoms with Crippen LogP contribution < -0.4 is 26.6 Å². The molecule has 1 aliphatic heterocycles. The number of rotatable bonds is 12. The van der Waals surface area contributed by atoms with Gasteiger partial charge in [-0.2, -0.15) is 0 Å². The van der Waals surface area contributed by atoms with Gasteiger partial charge in [-0.25, -0.2) is 4.79 Å². The Morgan fingerprint density at radius 1 is 0.689 bits per heavy atom. The fourth-order valence-corrected chi connectivity index (χ4v) is 5.11. The van der Waals surface area contributed by atoms with Crippen LogP contribution in [0.4, 0.5) is 0 Å². The minimum absolute atomic E-state index is 0.0307. The highest BCUT2D eigenvalue weighted by Crippen LogP contribution is 2.16. The first-order valence-electron chi connectivity index (χ1n) is 16.8. The molecule has 1 fully saturated rings. The van der Waals surface area contributed by atoms with E-state index in [1.165, 1.54) is 19.8 Å². The lowest BCUT2D eigenvalue weighted by Gasteiger charge is -2.27. The number of cyclic esters (lactones) is 1. The maximum atomic E-state index is 13.3. The van der Waals surface area contributed by atoms with Crippen LogP contribution in [0.5, 0.6) is 0 Å². The van der Waals surface area contributed by atoms with Gasteiger partial charge in [-0.1, -0.05) is 87.0 Å². The minimum atomic E-state index is -1.02. The van der Waals surface area contributed by atoms with Crippen LogP contribution in [0.2, 0.25) is 0 Å². The van der Waals surface area contributed by atoms with Gasteiger partial charge in [-0.05, 0) is 43.9 Å². The van der Waals surface area contributed by atoms with Gasteiger partial charge in [0.25, 0.3) is 0 Å². The summed E-state index contributed by atoms with van der Waals surface area (Å²) >= 11 is 0. The summed E-state index contributed by atoms with van der Waals surface area (Å²) in [4.78, 5) is 78.7. The molecule has 12 heteroatoms. The summed E-state index contributed by atoms with van der Waals surface area (Å²) < 4.78 is 5.80. The van der Waals surface area contributed by atoms with E-state index in [-0.39, 0.29) is 30.7 Å². The number of carbonyl (C=O) groups is 6. The summed E-state index contributed by atoms with van der Waals surface area (Å²) in [7, 11) is 0. The van der Waals surface area contributed by atoms with Crippen LogP contribution in [0.3, 0.4) is 0 Å². The maximum absolute atomic E-state index is 13.3. The van der Waals surface area contributed by atoms with Gasteiger partial charge in [0.2, 0.25) is 29.5 Å². The molecule has 0 aromatic rings. The molecule has 0 aromatic heterocycles. The summed E-state index contributed by atoms with van der Waals surface area (Å²) in [5.74, 6) is -4.02. The van der Waals surface area contributed by atoms with Crippen molar-refractivity contribution in [2.24, 2.45) is 17.8 Å². The van der Waals surface area contributed by atoms with Crippen LogP contribution in [-0.2, 0) is 33.5 Å². The zero-order valence-electron chi connectivity index (χ0n) is 28.8. The molecule has 45 heavy (non-hydrogen) atoms. The molecule has 5 amide bonds. The van der Waals surface area contributed by atoms with Gasteiger partial charge in [0.05, 0.1) is 13.0 Å². The van der Waals surface area contributed by atoms with Gasteiger partial charge in [0.15, 0.2) is 0 Å². The second-order valence-corrected chi connectivity index (χ2v) is 13.4. The topological polar surface area (TPSA) is 172 Å². The first-order valence-corrected chi connectivity index (χ1v) is 16.8. The fraction of sp³-hybridized carbons (Fsp3) is 0.818. The highest BCUT2D eigenvalue weighted by molar-refractivity contribution is 5.95. The molecular formula is C33H59N5O7. The Bertz CT molecular complexity index is 984. The van der Waals surface area contributed by atoms with E-state index in [0.29, 0.717) is 12.8 Å². The van der Waals surface area contributed by atoms with Crippen molar-refractivity contribution in [1.82, 2.24) is 26.6 Å². The Morgan fingerprint density at radius 3 is 1.87 bits per heavy atom. The van der Waals surface area contributed by atoms with E-state index in [9.17, 15) is 28.8 Å². The second kappa shape index (κ2) is 20.8. The Labute approximate surface area is 269 Å². The molecule has 1 aliphatic rings. The number of carbonyl (C=O) groups excluding carboxylic acids is 6. The van der Waals surface area contributed by atoms with E-state index >= 15 is 0 Å². The molecule has 1 rings (SSSR count). The van der Waals surface area contributed by atoms with E-state index in [2.05, 4.69) is 33.5 Å². The van der Waals surface area contributed by atoms with Crippen molar-refractivity contribution in [3.63, 3.8) is 0 Å². The lowest BCUT2D eigenvalue weighted by atomic mass is 9.99. The molecule has 1 saturated heterocycles. The number of amides is 5. The van der Waals surface area contributed by atoms with Crippen LogP contribution in [0.25, 0.3) is 0 Å². The van der Waals surface area contributed by atoms with E-state index in [0.717, 1.165) is 32.1 Å². The summed E-state index contributed by atoms with van der Waals surface area (Å²) in [5, 5.41) is 13.3. The standard InChI is InChI=1S/C33H59N5O7/c1-9-10-11-12-13-14-15-16-24-18-26(39)34-19-27(40)37-28(21(4)5)32(43)36-25(17-20(2)3)31(42)35-23(8)30(41)38-29(22(6)7)33(44)45-24/h20-25,28-29H,9-19H2,1-8H3,(H,34,39)(H,35,42)(H,36,43)(H,37,40)(H,38,41)/t23-,24?,25+,28?,29?/m0/s1. The number of hydrogen-bond acceptors (Lipinski definition) is 7. The number of nitrogens with one attached hydrogen (secondary N) is 5. The molecule has 0 aliphatic carbocycles. The first kappa shape index (κ1) is 39.8. The average Bonchev–Trinajstić information content (AvgIpc) is 2.95. The van der Waals surface area contributed by atoms with Crippen molar-refractivity contribution in [1.29, 1.82) is 0 Å². The number of ether oxygens (including phenoxy) is 1. The van der Waals surface area contributed by atoms with E-state index in [1.807, 2.05) is 13.8 Å². The van der Waals surface area contributed by atoms with E-state index in [4.69, 9.17) is 4.74 Å². The molecule has 5 N–H and O–H groups in total. The summed E-state index contributed by atoms with van der Waals surface area (Å²) in [6.45, 7) is 14.1. The predicted molar refractivity (Wildman–Crippen MR) is 173 cm³/mol. The average molecular weight is 638 g/mol. The zero-order chi connectivity index (χ0) is 34.1. The summed E-state index contributed by atoms with van der Waals surface area (Å²) in [6.07, 6.45) is 7.23. The third kappa shape index (κ3) is 15.6. The zero-order valence-corrected chi connectivity index (χ0v) is 28.8. The largest absolute Gasteiger partial charge is 0.460 e. The van der Waals surface area contributed by atoms with Crippen molar-refractivity contribution in [2.75, 3.05) is 6.54 Å². The Kier molecular flexibility index (Phi) is 18.4. The van der Waals surface area contributed by atoms with Gasteiger partial charge >= 0.3 is 5.97 Å². The molecule has 5 atom stereocenters. The van der Waals surface area contributed by atoms with Gasteiger partial charge in [0.1, 0.15) is 30.3 Å². The number of unbranched alkanes of at least 4 members (excludes halogenated alkanes) is 6. The van der Waals surface area contributed by atoms with Gasteiger partial charge in [-0.3, -0.25) is 24.0 Å². The van der Waals surface area contributed by atoms with Crippen LogP contribution in [-0.4, -0.2) is 72.3 Å². The van der Waals surface area contributed by atoms with Gasteiger partial charge in [-0.15, -0.1) is 0 Å². The molecule has 1 heterocycles. The molecule has 258 valence electrons. The highest BCUT2D eigenvalue weighted by Gasteiger charge is 2.33. The molecule has 12 nitrogen and oxygen atoms in total. The Hall–Kier alpha value is -3.18. The van der Waals surface area contributed by atoms with Crippen molar-refractivity contribution in [2.45, 2.75) is 150 Å². The molecule has 0 spiro atoms. The van der Waals surface area contributed by atoms with Crippen molar-refractivity contribution < 1.29 is 33.5 Å². The van der Waals surface area contributed by atoms with Gasteiger partial charge in [0, 0.05) is 0 Å². The predicted octanol–water partition coefficient (Wildman–Crippen LogP) is 2.88. The third-order valence-corrected chi connectivity index (χ3v) is 7.85. The minimum Gasteiger partial charge on any atom is -0.460 e. The van der Waals surface area contributed by atoms with Crippen LogP contribution >= 0.6 is 0 Å². The van der Waals surface area contributed by atoms with Crippen LogP contribution in [0.1, 0.15) is 120 Å². The molecule has 0 bridgehead atoms. The van der Waals surface area contributed by atoms with Gasteiger partial charge < -0.3 is 31.3 Å². The number of hydrogen-bond donors (Lipinski definition) is 5. The second-order valence-electron chi connectivity index (χ2n) is 13.4. The smallest absolute Gasteiger partial charge is 0.329 e. The third-order valence-electron chi connectivity index (χ3n) is 7.85. The number of esters is 1. The highest BCUT2D eigenvalue weighted by atomic mass is 16.5. The molecular weight excluding hydrogens is 578 g/mol.